The molecule has 1 aromatic rings. The van der Waals surface area contributed by atoms with Gasteiger partial charge in [-0.05, 0) is 31.9 Å². The van der Waals surface area contributed by atoms with Crippen LogP contribution in [0.15, 0.2) is 24.3 Å². The van der Waals surface area contributed by atoms with Gasteiger partial charge in [0.2, 0.25) is 0 Å². The van der Waals surface area contributed by atoms with Crippen molar-refractivity contribution < 1.29 is 13.3 Å². The van der Waals surface area contributed by atoms with E-state index in [1.54, 1.807) is 0 Å². The molecule has 5 heteroatoms. The van der Waals surface area contributed by atoms with Gasteiger partial charge in [-0.3, -0.25) is 0 Å². The number of halogens is 1. The Balaban J connectivity index is 2.84. The van der Waals surface area contributed by atoms with Crippen LogP contribution in [0.3, 0.4) is 0 Å². The predicted molar refractivity (Wildman–Crippen MR) is 83.4 cm³/mol. The highest BCUT2D eigenvalue weighted by Crippen LogP contribution is 2.18. The highest BCUT2D eigenvalue weighted by molar-refractivity contribution is 9.08. The zero-order valence-corrected chi connectivity index (χ0v) is 14.5. The van der Waals surface area contributed by atoms with E-state index in [1.165, 1.54) is 11.1 Å². The minimum Gasteiger partial charge on any atom is -0.374 e. The van der Waals surface area contributed by atoms with Crippen molar-refractivity contribution in [2.75, 3.05) is 19.8 Å². The molecular formula is C14H23BrO3Si. The molecule has 0 radical (unpaired) electrons. The van der Waals surface area contributed by atoms with Crippen LogP contribution in [-0.4, -0.2) is 28.6 Å². The molecule has 0 saturated carbocycles. The van der Waals surface area contributed by atoms with Gasteiger partial charge < -0.3 is 13.3 Å². The molecule has 0 amide bonds. The molecule has 1 rings (SSSR count). The summed E-state index contributed by atoms with van der Waals surface area (Å²) in [5, 5.41) is 0.873. The van der Waals surface area contributed by atoms with Crippen molar-refractivity contribution in [2.45, 2.75) is 32.1 Å². The molecule has 0 bridgehead atoms. The first-order valence-electron chi connectivity index (χ1n) is 6.75. The number of hydrogen-bond acceptors (Lipinski definition) is 3. The fourth-order valence-electron chi connectivity index (χ4n) is 1.93. The number of alkyl halides is 1. The van der Waals surface area contributed by atoms with Gasteiger partial charge in [0.25, 0.3) is 0 Å². The molecule has 0 saturated heterocycles. The third-order valence-electron chi connectivity index (χ3n) is 2.69. The molecule has 0 spiro atoms. The second-order valence-corrected chi connectivity index (χ2v) is 7.26. The van der Waals surface area contributed by atoms with Crippen molar-refractivity contribution >= 4 is 24.7 Å². The summed E-state index contributed by atoms with van der Waals surface area (Å²) < 4.78 is 17.6. The highest BCUT2D eigenvalue weighted by atomic mass is 79.9. The SMILES string of the molecule is CCO[Si](Cc1ccc(CBr)cc1)(OCC)OCC. The van der Waals surface area contributed by atoms with Crippen LogP contribution in [0.25, 0.3) is 0 Å². The van der Waals surface area contributed by atoms with E-state index in [-0.39, 0.29) is 0 Å². The van der Waals surface area contributed by atoms with E-state index < -0.39 is 8.80 Å². The van der Waals surface area contributed by atoms with Crippen LogP contribution in [0.1, 0.15) is 31.9 Å². The minimum absolute atomic E-state index is 0.617. The molecule has 0 aliphatic rings. The molecule has 0 aromatic heterocycles. The second kappa shape index (κ2) is 8.87. The van der Waals surface area contributed by atoms with Crippen molar-refractivity contribution in [3.63, 3.8) is 0 Å². The summed E-state index contributed by atoms with van der Waals surface area (Å²) in [6, 6.07) is 9.20. The summed E-state index contributed by atoms with van der Waals surface area (Å²) in [5.74, 6) is 0. The Labute approximate surface area is 125 Å². The molecule has 19 heavy (non-hydrogen) atoms. The third-order valence-corrected chi connectivity index (χ3v) is 6.36. The van der Waals surface area contributed by atoms with E-state index >= 15 is 0 Å². The maximum absolute atomic E-state index is 5.86. The Morgan fingerprint density at radius 3 is 1.63 bits per heavy atom. The molecule has 0 aliphatic carbocycles. The van der Waals surface area contributed by atoms with Gasteiger partial charge in [-0.25, -0.2) is 0 Å². The third kappa shape index (κ3) is 5.36. The van der Waals surface area contributed by atoms with Crippen LogP contribution in [0, 0.1) is 0 Å². The largest absolute Gasteiger partial charge is 0.505 e. The first-order chi connectivity index (χ1) is 9.19. The van der Waals surface area contributed by atoms with Gasteiger partial charge >= 0.3 is 8.80 Å². The summed E-state index contributed by atoms with van der Waals surface area (Å²) in [7, 11) is -2.58. The molecule has 0 aliphatic heterocycles. The minimum atomic E-state index is -2.58. The predicted octanol–water partition coefficient (Wildman–Crippen LogP) is 3.71. The molecule has 1 aromatic carbocycles. The van der Waals surface area contributed by atoms with Crippen molar-refractivity contribution in [1.29, 1.82) is 0 Å². The molecule has 0 unspecified atom stereocenters. The summed E-state index contributed by atoms with van der Waals surface area (Å²) in [4.78, 5) is 0. The summed E-state index contributed by atoms with van der Waals surface area (Å²) in [5.41, 5.74) is 2.46. The normalized spacial score (nSPS) is 11.8. The summed E-state index contributed by atoms with van der Waals surface area (Å²) in [6.45, 7) is 7.79. The number of rotatable bonds is 9. The van der Waals surface area contributed by atoms with Gasteiger partial charge in [-0.15, -0.1) is 0 Å². The lowest BCUT2D eigenvalue weighted by molar-refractivity contribution is 0.0704. The van der Waals surface area contributed by atoms with Gasteiger partial charge in [0.15, 0.2) is 0 Å². The molecule has 3 nitrogen and oxygen atoms in total. The van der Waals surface area contributed by atoms with Gasteiger partial charge in [-0.1, -0.05) is 40.2 Å². The highest BCUT2D eigenvalue weighted by Gasteiger charge is 2.40. The van der Waals surface area contributed by atoms with E-state index in [2.05, 4.69) is 40.2 Å². The second-order valence-electron chi connectivity index (χ2n) is 4.11. The van der Waals surface area contributed by atoms with Crippen molar-refractivity contribution in [3.05, 3.63) is 35.4 Å². The van der Waals surface area contributed by atoms with Crippen LogP contribution in [-0.2, 0) is 24.7 Å². The zero-order valence-electron chi connectivity index (χ0n) is 11.9. The first kappa shape index (κ1) is 16.9. The molecular weight excluding hydrogens is 324 g/mol. The van der Waals surface area contributed by atoms with Crippen LogP contribution >= 0.6 is 15.9 Å². The van der Waals surface area contributed by atoms with Crippen LogP contribution in [0.4, 0.5) is 0 Å². The number of benzene rings is 1. The standard InChI is InChI=1S/C14H23BrO3Si/c1-4-16-19(17-5-2,18-6-3)12-14-9-7-13(11-15)8-10-14/h7-10H,4-6,11-12H2,1-3H3. The summed E-state index contributed by atoms with van der Waals surface area (Å²) >= 11 is 3.45. The fourth-order valence-corrected chi connectivity index (χ4v) is 4.92. The Kier molecular flexibility index (Phi) is 7.86. The average Bonchev–Trinajstić information content (AvgIpc) is 2.40. The average molecular weight is 347 g/mol. The van der Waals surface area contributed by atoms with Crippen molar-refractivity contribution in [3.8, 4) is 0 Å². The molecule has 108 valence electrons. The van der Waals surface area contributed by atoms with Gasteiger partial charge in [0.1, 0.15) is 0 Å². The van der Waals surface area contributed by atoms with Crippen molar-refractivity contribution in [1.82, 2.24) is 0 Å². The molecule has 0 N–H and O–H groups in total. The van der Waals surface area contributed by atoms with Gasteiger partial charge in [0.05, 0.1) is 0 Å². The summed E-state index contributed by atoms with van der Waals surface area (Å²) in [6.07, 6.45) is 0. The quantitative estimate of drug-likeness (QED) is 0.503. The topological polar surface area (TPSA) is 27.7 Å². The zero-order chi connectivity index (χ0) is 14.1. The fraction of sp³-hybridized carbons (Fsp3) is 0.571. The lowest BCUT2D eigenvalue weighted by atomic mass is 10.2. The lowest BCUT2D eigenvalue weighted by Gasteiger charge is -2.28. The Hall–Kier alpha value is -0.203. The van der Waals surface area contributed by atoms with Crippen LogP contribution in [0.5, 0.6) is 0 Å². The molecule has 0 atom stereocenters. The van der Waals surface area contributed by atoms with E-state index in [1.807, 2.05) is 20.8 Å². The first-order valence-corrected chi connectivity index (χ1v) is 9.80. The van der Waals surface area contributed by atoms with Crippen LogP contribution in [0.2, 0.25) is 0 Å². The van der Waals surface area contributed by atoms with Gasteiger partial charge in [-0.2, -0.15) is 0 Å². The Morgan fingerprint density at radius 2 is 1.26 bits per heavy atom. The van der Waals surface area contributed by atoms with E-state index in [0.29, 0.717) is 19.8 Å². The Bertz CT molecular complexity index is 339. The lowest BCUT2D eigenvalue weighted by Crippen LogP contribution is -2.48. The molecule has 0 heterocycles. The van der Waals surface area contributed by atoms with Gasteiger partial charge in [0, 0.05) is 31.2 Å². The van der Waals surface area contributed by atoms with E-state index in [4.69, 9.17) is 13.3 Å². The van der Waals surface area contributed by atoms with E-state index in [9.17, 15) is 0 Å². The van der Waals surface area contributed by atoms with Crippen molar-refractivity contribution in [2.24, 2.45) is 0 Å². The number of hydrogen-bond donors (Lipinski definition) is 0. The maximum atomic E-state index is 5.86. The smallest absolute Gasteiger partial charge is 0.374 e. The maximum Gasteiger partial charge on any atom is 0.505 e. The molecule has 0 fully saturated rings. The van der Waals surface area contributed by atoms with E-state index in [0.717, 1.165) is 11.4 Å². The van der Waals surface area contributed by atoms with Crippen LogP contribution < -0.4 is 0 Å². The Morgan fingerprint density at radius 1 is 0.842 bits per heavy atom. The monoisotopic (exact) mass is 346 g/mol.